The largest absolute Gasteiger partial charge is 0.379 e. The molecular formula is C11H19NOS. The van der Waals surface area contributed by atoms with Crippen molar-refractivity contribution in [1.29, 1.82) is 0 Å². The summed E-state index contributed by atoms with van der Waals surface area (Å²) in [7, 11) is 1.76. The smallest absolute Gasteiger partial charge is 0.0634 e. The summed E-state index contributed by atoms with van der Waals surface area (Å²) in [4.78, 5) is 1.39. The summed E-state index contributed by atoms with van der Waals surface area (Å²) in [5, 5.41) is 5.52. The Hall–Kier alpha value is -0.380. The highest BCUT2D eigenvalue weighted by Gasteiger charge is 2.14. The fourth-order valence-corrected chi connectivity index (χ4v) is 1.79. The van der Waals surface area contributed by atoms with Gasteiger partial charge in [0, 0.05) is 18.5 Å². The van der Waals surface area contributed by atoms with Gasteiger partial charge in [-0.1, -0.05) is 6.07 Å². The number of hydrogen-bond donors (Lipinski definition) is 1. The van der Waals surface area contributed by atoms with Gasteiger partial charge in [-0.15, -0.1) is 11.3 Å². The summed E-state index contributed by atoms with van der Waals surface area (Å²) in [6.45, 7) is 6.19. The molecule has 2 nitrogen and oxygen atoms in total. The molecule has 0 aliphatic rings. The lowest BCUT2D eigenvalue weighted by Gasteiger charge is -2.22. The van der Waals surface area contributed by atoms with Crippen LogP contribution < -0.4 is 5.32 Å². The van der Waals surface area contributed by atoms with Crippen LogP contribution in [0.1, 0.15) is 25.1 Å². The number of nitrogens with one attached hydrogen (secondary N) is 1. The van der Waals surface area contributed by atoms with Crippen molar-refractivity contribution in [1.82, 2.24) is 5.32 Å². The van der Waals surface area contributed by atoms with Crippen LogP contribution in [0.15, 0.2) is 17.5 Å². The molecule has 1 heterocycles. The molecule has 0 saturated heterocycles. The Morgan fingerprint density at radius 2 is 2.29 bits per heavy atom. The summed E-state index contributed by atoms with van der Waals surface area (Å²) in [5.41, 5.74) is -0.0115. The lowest BCUT2D eigenvalue weighted by atomic mass is 10.1. The standard InChI is InChI=1S/C11H19NOS/c1-11(2,13-3)6-7-12-9-10-5-4-8-14-10/h4-5,8,12H,6-7,9H2,1-3H3. The van der Waals surface area contributed by atoms with Gasteiger partial charge in [-0.3, -0.25) is 0 Å². The van der Waals surface area contributed by atoms with Crippen LogP contribution in [0.25, 0.3) is 0 Å². The van der Waals surface area contributed by atoms with Crippen molar-refractivity contribution in [2.75, 3.05) is 13.7 Å². The molecule has 0 unspecified atom stereocenters. The van der Waals surface area contributed by atoms with Crippen LogP contribution >= 0.6 is 11.3 Å². The van der Waals surface area contributed by atoms with Crippen LogP contribution in [0.5, 0.6) is 0 Å². The highest BCUT2D eigenvalue weighted by Crippen LogP contribution is 2.12. The Morgan fingerprint density at radius 3 is 2.86 bits per heavy atom. The summed E-state index contributed by atoms with van der Waals surface area (Å²) in [6.07, 6.45) is 1.04. The van der Waals surface area contributed by atoms with Crippen LogP contribution in [0, 0.1) is 0 Å². The first-order chi connectivity index (χ1) is 6.64. The second-order valence-corrected chi connectivity index (χ2v) is 5.00. The van der Waals surface area contributed by atoms with Gasteiger partial charge in [0.1, 0.15) is 0 Å². The van der Waals surface area contributed by atoms with Gasteiger partial charge in [-0.05, 0) is 38.3 Å². The second kappa shape index (κ2) is 5.49. The van der Waals surface area contributed by atoms with E-state index in [9.17, 15) is 0 Å². The molecule has 1 N–H and O–H groups in total. The van der Waals surface area contributed by atoms with E-state index in [1.165, 1.54) is 4.88 Å². The minimum Gasteiger partial charge on any atom is -0.379 e. The van der Waals surface area contributed by atoms with Crippen molar-refractivity contribution < 1.29 is 4.74 Å². The van der Waals surface area contributed by atoms with E-state index in [-0.39, 0.29) is 5.60 Å². The van der Waals surface area contributed by atoms with Crippen LogP contribution in [-0.4, -0.2) is 19.3 Å². The van der Waals surface area contributed by atoms with Crippen molar-refractivity contribution in [2.45, 2.75) is 32.4 Å². The molecule has 0 spiro atoms. The van der Waals surface area contributed by atoms with Gasteiger partial charge in [-0.25, -0.2) is 0 Å². The van der Waals surface area contributed by atoms with Crippen molar-refractivity contribution >= 4 is 11.3 Å². The first-order valence-corrected chi connectivity index (χ1v) is 5.80. The molecule has 0 amide bonds. The number of ether oxygens (including phenoxy) is 1. The lowest BCUT2D eigenvalue weighted by Crippen LogP contribution is -2.28. The van der Waals surface area contributed by atoms with E-state index in [0.717, 1.165) is 19.5 Å². The van der Waals surface area contributed by atoms with Gasteiger partial charge < -0.3 is 10.1 Å². The predicted octanol–water partition coefficient (Wildman–Crippen LogP) is 2.65. The van der Waals surface area contributed by atoms with Crippen LogP contribution in [0.2, 0.25) is 0 Å². The topological polar surface area (TPSA) is 21.3 Å². The molecule has 0 fully saturated rings. The minimum atomic E-state index is -0.0115. The van der Waals surface area contributed by atoms with Gasteiger partial charge in [-0.2, -0.15) is 0 Å². The molecule has 3 heteroatoms. The van der Waals surface area contributed by atoms with E-state index in [0.29, 0.717) is 0 Å². The Morgan fingerprint density at radius 1 is 1.50 bits per heavy atom. The highest BCUT2D eigenvalue weighted by molar-refractivity contribution is 7.09. The van der Waals surface area contributed by atoms with E-state index in [1.807, 2.05) is 0 Å². The van der Waals surface area contributed by atoms with Crippen molar-refractivity contribution in [3.63, 3.8) is 0 Å². The maximum absolute atomic E-state index is 5.34. The normalized spacial score (nSPS) is 11.9. The third-order valence-corrected chi connectivity index (χ3v) is 3.21. The Bertz CT molecular complexity index is 244. The lowest BCUT2D eigenvalue weighted by molar-refractivity contribution is 0.0158. The second-order valence-electron chi connectivity index (χ2n) is 3.97. The average Bonchev–Trinajstić information content (AvgIpc) is 2.65. The van der Waals surface area contributed by atoms with Crippen LogP contribution in [-0.2, 0) is 11.3 Å². The van der Waals surface area contributed by atoms with Crippen LogP contribution in [0.3, 0.4) is 0 Å². The molecule has 0 atom stereocenters. The summed E-state index contributed by atoms with van der Waals surface area (Å²) in [6, 6.07) is 4.24. The number of thiophene rings is 1. The monoisotopic (exact) mass is 213 g/mol. The number of hydrogen-bond acceptors (Lipinski definition) is 3. The molecule has 0 bridgehead atoms. The van der Waals surface area contributed by atoms with E-state index in [1.54, 1.807) is 18.4 Å². The summed E-state index contributed by atoms with van der Waals surface area (Å²) in [5.74, 6) is 0. The Kier molecular flexibility index (Phi) is 4.58. The Balaban J connectivity index is 2.11. The SMILES string of the molecule is COC(C)(C)CCNCc1cccs1. The van der Waals surface area contributed by atoms with Crippen LogP contribution in [0.4, 0.5) is 0 Å². The first kappa shape index (κ1) is 11.7. The van der Waals surface area contributed by atoms with Gasteiger partial charge in [0.05, 0.1) is 5.60 Å². The number of methoxy groups -OCH3 is 1. The third kappa shape index (κ3) is 4.22. The molecular weight excluding hydrogens is 194 g/mol. The van der Waals surface area contributed by atoms with Gasteiger partial charge in [0.15, 0.2) is 0 Å². The third-order valence-electron chi connectivity index (χ3n) is 2.34. The zero-order chi connectivity index (χ0) is 10.4. The molecule has 0 aliphatic heterocycles. The fraction of sp³-hybridized carbons (Fsp3) is 0.636. The highest BCUT2D eigenvalue weighted by atomic mass is 32.1. The molecule has 0 aromatic carbocycles. The zero-order valence-corrected chi connectivity index (χ0v) is 9.99. The van der Waals surface area contributed by atoms with E-state index >= 15 is 0 Å². The first-order valence-electron chi connectivity index (χ1n) is 4.92. The van der Waals surface area contributed by atoms with Crippen molar-refractivity contribution in [2.24, 2.45) is 0 Å². The summed E-state index contributed by atoms with van der Waals surface area (Å²) >= 11 is 1.79. The van der Waals surface area contributed by atoms with E-state index < -0.39 is 0 Å². The molecule has 14 heavy (non-hydrogen) atoms. The van der Waals surface area contributed by atoms with Crippen molar-refractivity contribution in [3.8, 4) is 0 Å². The fourth-order valence-electron chi connectivity index (χ4n) is 1.12. The minimum absolute atomic E-state index is 0.0115. The molecule has 0 aliphatic carbocycles. The molecule has 80 valence electrons. The van der Waals surface area contributed by atoms with Crippen molar-refractivity contribution in [3.05, 3.63) is 22.4 Å². The molecule has 1 aromatic rings. The molecule has 0 saturated carbocycles. The van der Waals surface area contributed by atoms with Gasteiger partial charge >= 0.3 is 0 Å². The number of rotatable bonds is 6. The molecule has 1 rings (SSSR count). The summed E-state index contributed by atoms with van der Waals surface area (Å²) < 4.78 is 5.34. The zero-order valence-electron chi connectivity index (χ0n) is 9.17. The molecule has 1 aromatic heterocycles. The maximum Gasteiger partial charge on any atom is 0.0634 e. The predicted molar refractivity (Wildman–Crippen MR) is 61.7 cm³/mol. The van der Waals surface area contributed by atoms with E-state index in [4.69, 9.17) is 4.74 Å². The van der Waals surface area contributed by atoms with Gasteiger partial charge in [0.25, 0.3) is 0 Å². The van der Waals surface area contributed by atoms with Gasteiger partial charge in [0.2, 0.25) is 0 Å². The van der Waals surface area contributed by atoms with E-state index in [2.05, 4.69) is 36.7 Å². The maximum atomic E-state index is 5.34. The quantitative estimate of drug-likeness (QED) is 0.734. The Labute approximate surface area is 90.3 Å². The molecule has 0 radical (unpaired) electrons. The average molecular weight is 213 g/mol.